The number of hydrogen-bond donors (Lipinski definition) is 0. The Morgan fingerprint density at radius 3 is 1.66 bits per heavy atom. The summed E-state index contributed by atoms with van der Waals surface area (Å²) in [5.41, 5.74) is 10.9. The third-order valence-electron chi connectivity index (χ3n) is 9.35. The molecule has 8 rings (SSSR count). The van der Waals surface area contributed by atoms with Gasteiger partial charge < -0.3 is 0 Å². The molecule has 210 valence electrons. The molecule has 0 amide bonds. The molecule has 2 aliphatic rings. The summed E-state index contributed by atoms with van der Waals surface area (Å²) in [5, 5.41) is 0. The van der Waals surface area contributed by atoms with Crippen LogP contribution in [0.25, 0.3) is 61.3 Å². The van der Waals surface area contributed by atoms with Crippen molar-refractivity contribution in [3.63, 3.8) is 0 Å². The molecule has 4 heteroatoms. The highest BCUT2D eigenvalue weighted by Gasteiger charge is 2.45. The van der Waals surface area contributed by atoms with Gasteiger partial charge in [-0.05, 0) is 52.3 Å². The van der Waals surface area contributed by atoms with Crippen LogP contribution in [0.2, 0.25) is 0 Å². The molecule has 0 bridgehead atoms. The van der Waals surface area contributed by atoms with Crippen LogP contribution in [0.15, 0.2) is 121 Å². The molecule has 44 heavy (non-hydrogen) atoms. The lowest BCUT2D eigenvalue weighted by atomic mass is 9.67. The molecule has 0 atom stereocenters. The number of rotatable bonds is 4. The van der Waals surface area contributed by atoms with Gasteiger partial charge in [0.1, 0.15) is 0 Å². The molecule has 4 nitrogen and oxygen atoms in total. The summed E-state index contributed by atoms with van der Waals surface area (Å²) in [6.07, 6.45) is 5.97. The predicted molar refractivity (Wildman–Crippen MR) is 177 cm³/mol. The molecular weight excluding hydrogens is 536 g/mol. The summed E-state index contributed by atoms with van der Waals surface area (Å²) in [6.45, 7) is 8.06. The molecule has 1 saturated carbocycles. The zero-order chi connectivity index (χ0) is 29.5. The van der Waals surface area contributed by atoms with Gasteiger partial charge in [0, 0.05) is 22.1 Å². The van der Waals surface area contributed by atoms with Crippen LogP contribution in [0.3, 0.4) is 0 Å². The van der Waals surface area contributed by atoms with Gasteiger partial charge in [0.2, 0.25) is 0 Å². The molecule has 0 N–H and O–H groups in total. The summed E-state index contributed by atoms with van der Waals surface area (Å²) in [4.78, 5) is 18.8. The Balaban J connectivity index is 1.31. The van der Waals surface area contributed by atoms with Crippen LogP contribution >= 0.6 is 0 Å². The van der Waals surface area contributed by atoms with Crippen LogP contribution in [0.5, 0.6) is 0 Å². The SMILES string of the molecule is [C-]#[N+]c1cccc2c1-c1c(-c3cccc(-c4nc(-c5ccccc5)nc(-c5ccccc5)n4)c3)cccc1C21CCCCC1. The van der Waals surface area contributed by atoms with Crippen LogP contribution in [-0.4, -0.2) is 15.0 Å². The second-order valence-corrected chi connectivity index (χ2v) is 11.8. The molecular formula is C40H30N4. The largest absolute Gasteiger partial charge is 0.238 e. The molecule has 5 aromatic carbocycles. The van der Waals surface area contributed by atoms with Crippen molar-refractivity contribution in [2.75, 3.05) is 0 Å². The summed E-state index contributed by atoms with van der Waals surface area (Å²) < 4.78 is 0. The van der Waals surface area contributed by atoms with Crippen LogP contribution in [0.1, 0.15) is 43.2 Å². The predicted octanol–water partition coefficient (Wildman–Crippen LogP) is 10.3. The Morgan fingerprint density at radius 2 is 1.02 bits per heavy atom. The fourth-order valence-electron chi connectivity index (χ4n) is 7.36. The van der Waals surface area contributed by atoms with Gasteiger partial charge in [0.25, 0.3) is 0 Å². The summed E-state index contributed by atoms with van der Waals surface area (Å²) in [7, 11) is 0. The second-order valence-electron chi connectivity index (χ2n) is 11.8. The van der Waals surface area contributed by atoms with Crippen molar-refractivity contribution in [2.45, 2.75) is 37.5 Å². The van der Waals surface area contributed by atoms with E-state index in [0.717, 1.165) is 51.9 Å². The maximum Gasteiger partial charge on any atom is 0.195 e. The van der Waals surface area contributed by atoms with Gasteiger partial charge in [-0.3, -0.25) is 0 Å². The first-order valence-corrected chi connectivity index (χ1v) is 15.4. The van der Waals surface area contributed by atoms with Crippen molar-refractivity contribution in [1.29, 1.82) is 0 Å². The third kappa shape index (κ3) is 4.24. The van der Waals surface area contributed by atoms with E-state index in [1.807, 2.05) is 66.7 Å². The molecule has 1 fully saturated rings. The highest BCUT2D eigenvalue weighted by atomic mass is 15.0. The Bertz CT molecular complexity index is 1990. The molecule has 0 radical (unpaired) electrons. The zero-order valence-electron chi connectivity index (χ0n) is 24.4. The highest BCUT2D eigenvalue weighted by molar-refractivity contribution is 5.98. The van der Waals surface area contributed by atoms with Crippen LogP contribution in [-0.2, 0) is 5.41 Å². The Morgan fingerprint density at radius 1 is 0.500 bits per heavy atom. The first kappa shape index (κ1) is 26.2. The quantitative estimate of drug-likeness (QED) is 0.199. The van der Waals surface area contributed by atoms with Crippen LogP contribution in [0.4, 0.5) is 5.69 Å². The fraction of sp³-hybridized carbons (Fsp3) is 0.150. The van der Waals surface area contributed by atoms with Crippen molar-refractivity contribution in [1.82, 2.24) is 15.0 Å². The molecule has 0 saturated heterocycles. The molecule has 6 aromatic rings. The number of hydrogen-bond acceptors (Lipinski definition) is 3. The van der Waals surface area contributed by atoms with Crippen molar-refractivity contribution >= 4 is 5.69 Å². The monoisotopic (exact) mass is 566 g/mol. The van der Waals surface area contributed by atoms with Crippen molar-refractivity contribution in [3.8, 4) is 56.4 Å². The third-order valence-corrected chi connectivity index (χ3v) is 9.35. The normalized spacial score (nSPS) is 14.5. The van der Waals surface area contributed by atoms with Gasteiger partial charge in [-0.25, -0.2) is 19.8 Å². The van der Waals surface area contributed by atoms with Gasteiger partial charge in [0.15, 0.2) is 23.2 Å². The van der Waals surface area contributed by atoms with Crippen molar-refractivity contribution in [3.05, 3.63) is 144 Å². The molecule has 1 aromatic heterocycles. The number of nitrogens with zero attached hydrogens (tertiary/aromatic N) is 4. The second kappa shape index (κ2) is 10.7. The highest BCUT2D eigenvalue weighted by Crippen LogP contribution is 2.60. The van der Waals surface area contributed by atoms with E-state index in [1.54, 1.807) is 0 Å². The van der Waals surface area contributed by atoms with E-state index in [1.165, 1.54) is 36.0 Å². The van der Waals surface area contributed by atoms with Gasteiger partial charge in [0.05, 0.1) is 6.57 Å². The molecule has 0 aliphatic heterocycles. The van der Waals surface area contributed by atoms with Gasteiger partial charge in [-0.2, -0.15) is 0 Å². The minimum absolute atomic E-state index is 0.0133. The van der Waals surface area contributed by atoms with Gasteiger partial charge in [-0.1, -0.05) is 135 Å². The summed E-state index contributed by atoms with van der Waals surface area (Å²) >= 11 is 0. The van der Waals surface area contributed by atoms with E-state index in [2.05, 4.69) is 59.4 Å². The van der Waals surface area contributed by atoms with Crippen molar-refractivity contribution in [2.24, 2.45) is 0 Å². The topological polar surface area (TPSA) is 43.0 Å². The van der Waals surface area contributed by atoms with E-state index in [9.17, 15) is 0 Å². The molecule has 1 heterocycles. The molecule has 0 unspecified atom stereocenters. The van der Waals surface area contributed by atoms with Gasteiger partial charge in [-0.15, -0.1) is 0 Å². The lowest BCUT2D eigenvalue weighted by molar-refractivity contribution is 0.353. The van der Waals surface area contributed by atoms with E-state index in [-0.39, 0.29) is 5.41 Å². The number of fused-ring (bicyclic) bond motifs is 5. The smallest absolute Gasteiger partial charge is 0.195 e. The van der Waals surface area contributed by atoms with E-state index in [0.29, 0.717) is 17.5 Å². The lowest BCUT2D eigenvalue weighted by Crippen LogP contribution is -2.27. The minimum Gasteiger partial charge on any atom is -0.238 e. The standard InChI is InChI=1S/C40H30N4/c1-41-34-23-13-22-33-36(34)35-31(20-12-21-32(35)40(33)24-9-4-10-25-40)29-18-11-19-30(26-29)39-43-37(27-14-5-2-6-15-27)42-38(44-39)28-16-7-3-8-17-28/h2-3,5-8,11-23,26H,4,9-10,24-25H2. The summed E-state index contributed by atoms with van der Waals surface area (Å²) in [5.74, 6) is 1.93. The zero-order valence-corrected chi connectivity index (χ0v) is 24.4. The van der Waals surface area contributed by atoms with E-state index in [4.69, 9.17) is 21.5 Å². The van der Waals surface area contributed by atoms with Gasteiger partial charge >= 0.3 is 0 Å². The Hall–Kier alpha value is -5.40. The first-order chi connectivity index (χ1) is 21.7. The maximum atomic E-state index is 8.06. The first-order valence-electron chi connectivity index (χ1n) is 15.4. The average molecular weight is 567 g/mol. The summed E-state index contributed by atoms with van der Waals surface area (Å²) in [6, 6.07) is 41.7. The maximum absolute atomic E-state index is 8.06. The lowest BCUT2D eigenvalue weighted by Gasteiger charge is -2.36. The molecule has 1 spiro atoms. The fourth-order valence-corrected chi connectivity index (χ4v) is 7.36. The average Bonchev–Trinajstić information content (AvgIpc) is 3.38. The van der Waals surface area contributed by atoms with E-state index >= 15 is 0 Å². The number of aromatic nitrogens is 3. The molecule has 2 aliphatic carbocycles. The van der Waals surface area contributed by atoms with E-state index < -0.39 is 0 Å². The Labute approximate surface area is 258 Å². The van der Waals surface area contributed by atoms with Crippen LogP contribution < -0.4 is 0 Å². The van der Waals surface area contributed by atoms with Crippen molar-refractivity contribution < 1.29 is 0 Å². The minimum atomic E-state index is -0.0133. The number of benzene rings is 5. The Kier molecular flexibility index (Phi) is 6.38. The van der Waals surface area contributed by atoms with Crippen LogP contribution in [0, 0.1) is 6.57 Å².